The lowest BCUT2D eigenvalue weighted by Crippen LogP contribution is -2.72. The molecule has 0 amide bonds. The summed E-state index contributed by atoms with van der Waals surface area (Å²) in [5, 5.41) is 0. The molecule has 0 radical (unpaired) electrons. The summed E-state index contributed by atoms with van der Waals surface area (Å²) in [5.41, 5.74) is 5.12. The molecule has 2 fully saturated rings. The molecule has 23 heavy (non-hydrogen) atoms. The maximum atomic E-state index is 6.69. The highest BCUT2D eigenvalue weighted by Crippen LogP contribution is 2.71. The van der Waals surface area contributed by atoms with E-state index in [0.29, 0.717) is 23.5 Å². The Morgan fingerprint density at radius 3 is 2.78 bits per heavy atom. The van der Waals surface area contributed by atoms with Gasteiger partial charge in [-0.3, -0.25) is 0 Å². The minimum absolute atomic E-state index is 0.255. The summed E-state index contributed by atoms with van der Waals surface area (Å²) < 4.78 is 6.69. The largest absolute Gasteiger partial charge is 0.489 e. The molecule has 2 aliphatic heterocycles. The van der Waals surface area contributed by atoms with Crippen molar-refractivity contribution >= 4 is 0 Å². The van der Waals surface area contributed by atoms with Crippen LogP contribution in [0.25, 0.3) is 0 Å². The fourth-order valence-corrected chi connectivity index (χ4v) is 7.29. The molecule has 1 saturated heterocycles. The second-order valence-corrected chi connectivity index (χ2v) is 8.98. The monoisotopic (exact) mass is 311 g/mol. The molecule has 4 aliphatic rings. The molecule has 2 heteroatoms. The van der Waals surface area contributed by atoms with Crippen LogP contribution in [0.2, 0.25) is 0 Å². The summed E-state index contributed by atoms with van der Waals surface area (Å²) in [6.45, 7) is 11.0. The molecule has 5 rings (SSSR count). The molecule has 1 saturated carbocycles. The van der Waals surface area contributed by atoms with Crippen LogP contribution in [0.5, 0.6) is 5.75 Å². The number of aryl methyl sites for hydroxylation is 1. The molecule has 1 aromatic rings. The third-order valence-electron chi connectivity index (χ3n) is 8.40. The van der Waals surface area contributed by atoms with Crippen molar-refractivity contribution in [3.8, 4) is 5.75 Å². The van der Waals surface area contributed by atoms with Crippen molar-refractivity contribution in [2.24, 2.45) is 11.3 Å². The molecule has 0 aromatic heterocycles. The van der Waals surface area contributed by atoms with Crippen LogP contribution in [0.15, 0.2) is 12.1 Å². The van der Waals surface area contributed by atoms with Gasteiger partial charge in [-0.05, 0) is 68.2 Å². The van der Waals surface area contributed by atoms with Gasteiger partial charge in [0.05, 0.1) is 0 Å². The van der Waals surface area contributed by atoms with Gasteiger partial charge < -0.3 is 9.64 Å². The Morgan fingerprint density at radius 1 is 1.22 bits per heavy atom. The second-order valence-electron chi connectivity index (χ2n) is 8.98. The molecule has 1 aromatic carbocycles. The smallest absolute Gasteiger partial charge is 0.126 e. The van der Waals surface area contributed by atoms with Crippen LogP contribution in [-0.2, 0) is 5.41 Å². The summed E-state index contributed by atoms with van der Waals surface area (Å²) in [7, 11) is 2.35. The fourth-order valence-electron chi connectivity index (χ4n) is 7.29. The predicted octanol–water partition coefficient (Wildman–Crippen LogP) is 4.25. The highest BCUT2D eigenvalue weighted by atomic mass is 16.5. The lowest BCUT2D eigenvalue weighted by atomic mass is 9.40. The van der Waals surface area contributed by atoms with Crippen molar-refractivity contribution in [3.63, 3.8) is 0 Å². The quantitative estimate of drug-likeness (QED) is 0.710. The van der Waals surface area contributed by atoms with Crippen molar-refractivity contribution in [3.05, 3.63) is 28.8 Å². The van der Waals surface area contributed by atoms with E-state index in [9.17, 15) is 0 Å². The molecular formula is C21H29NO. The number of rotatable bonds is 0. The number of nitrogens with zero attached hydrogens (tertiary/aromatic N) is 1. The average Bonchev–Trinajstić information content (AvgIpc) is 2.85. The van der Waals surface area contributed by atoms with Gasteiger partial charge in [0.2, 0.25) is 0 Å². The second kappa shape index (κ2) is 4.14. The summed E-state index contributed by atoms with van der Waals surface area (Å²) >= 11 is 0. The zero-order chi connectivity index (χ0) is 16.1. The van der Waals surface area contributed by atoms with E-state index >= 15 is 0 Å². The minimum Gasteiger partial charge on any atom is -0.489 e. The molecular weight excluding hydrogens is 282 g/mol. The van der Waals surface area contributed by atoms with Crippen LogP contribution in [0.1, 0.15) is 62.6 Å². The molecule has 1 spiro atoms. The van der Waals surface area contributed by atoms with E-state index in [4.69, 9.17) is 4.74 Å². The third kappa shape index (κ3) is 1.31. The van der Waals surface area contributed by atoms with Gasteiger partial charge in [0, 0.05) is 17.0 Å². The third-order valence-corrected chi connectivity index (χ3v) is 8.40. The number of benzene rings is 1. The Morgan fingerprint density at radius 2 is 2.00 bits per heavy atom. The lowest BCUT2D eigenvalue weighted by molar-refractivity contribution is -0.143. The number of ether oxygens (including phenoxy) is 1. The molecule has 124 valence electrons. The Bertz CT molecular complexity index is 697. The summed E-state index contributed by atoms with van der Waals surface area (Å²) in [4.78, 5) is 2.66. The van der Waals surface area contributed by atoms with Gasteiger partial charge in [-0.1, -0.05) is 32.9 Å². The molecule has 2 bridgehead atoms. The van der Waals surface area contributed by atoms with E-state index in [-0.39, 0.29) is 5.41 Å². The van der Waals surface area contributed by atoms with E-state index in [1.165, 1.54) is 37.1 Å². The number of likely N-dealkylation sites (N-methyl/N-ethyl adjacent to an activating group) is 1. The van der Waals surface area contributed by atoms with Crippen LogP contribution in [0.3, 0.4) is 0 Å². The minimum atomic E-state index is 0.255. The summed E-state index contributed by atoms with van der Waals surface area (Å²) in [5.74, 6) is 2.61. The maximum Gasteiger partial charge on any atom is 0.126 e. The van der Waals surface area contributed by atoms with Crippen LogP contribution < -0.4 is 4.74 Å². The van der Waals surface area contributed by atoms with Gasteiger partial charge in [0.25, 0.3) is 0 Å². The summed E-state index contributed by atoms with van der Waals surface area (Å²) in [6, 6.07) is 5.34. The molecule has 2 heterocycles. The van der Waals surface area contributed by atoms with E-state index in [1.54, 1.807) is 11.1 Å². The van der Waals surface area contributed by atoms with Crippen molar-refractivity contribution in [1.82, 2.24) is 4.90 Å². The Balaban J connectivity index is 1.90. The standard InChI is InChI=1S/C21H29NO/c1-12-6-8-15-14(3)19-20(4)13(2)7-9-16-21(20,10-11-22(19)5)17(15)18(12)23-16/h6,8,13-14,16,19H,7,9-11H2,1-5H3/t13?,14?,16-,19+,20?,21+/m0/s1. The first-order valence-corrected chi connectivity index (χ1v) is 9.43. The van der Waals surface area contributed by atoms with Crippen LogP contribution >= 0.6 is 0 Å². The highest BCUT2D eigenvalue weighted by Gasteiger charge is 2.71. The van der Waals surface area contributed by atoms with E-state index < -0.39 is 0 Å². The van der Waals surface area contributed by atoms with Crippen molar-refractivity contribution in [2.45, 2.75) is 70.4 Å². The first kappa shape index (κ1) is 14.3. The van der Waals surface area contributed by atoms with Crippen LogP contribution in [0.4, 0.5) is 0 Å². The fraction of sp³-hybridized carbons (Fsp3) is 0.714. The van der Waals surface area contributed by atoms with Gasteiger partial charge in [-0.25, -0.2) is 0 Å². The van der Waals surface area contributed by atoms with Crippen LogP contribution in [-0.4, -0.2) is 30.6 Å². The van der Waals surface area contributed by atoms with Crippen molar-refractivity contribution < 1.29 is 4.74 Å². The average molecular weight is 311 g/mol. The zero-order valence-electron chi connectivity index (χ0n) is 15.1. The normalized spacial score (nSPS) is 47.2. The van der Waals surface area contributed by atoms with Crippen molar-refractivity contribution in [2.75, 3.05) is 13.6 Å². The number of piperidine rings is 1. The van der Waals surface area contributed by atoms with Gasteiger partial charge in [0.1, 0.15) is 11.9 Å². The van der Waals surface area contributed by atoms with Gasteiger partial charge in [-0.15, -0.1) is 0 Å². The molecule has 6 atom stereocenters. The van der Waals surface area contributed by atoms with Gasteiger partial charge >= 0.3 is 0 Å². The Kier molecular flexibility index (Phi) is 2.58. The van der Waals surface area contributed by atoms with Gasteiger partial charge in [0.15, 0.2) is 0 Å². The zero-order valence-corrected chi connectivity index (χ0v) is 15.1. The number of hydrogen-bond donors (Lipinski definition) is 0. The number of likely N-dealkylation sites (tertiary alicyclic amines) is 1. The van der Waals surface area contributed by atoms with E-state index in [1.807, 2.05) is 0 Å². The molecule has 2 nitrogen and oxygen atoms in total. The Hall–Kier alpha value is -1.02. The van der Waals surface area contributed by atoms with Crippen LogP contribution in [0, 0.1) is 18.3 Å². The SMILES string of the molecule is Cc1ccc2c3c1O[C@H]1CCC(C)C4(C)[C@@H](C2C)N(C)CC[C@]314. The Labute approximate surface area is 140 Å². The van der Waals surface area contributed by atoms with Gasteiger partial charge in [-0.2, -0.15) is 0 Å². The first-order valence-electron chi connectivity index (χ1n) is 9.43. The lowest BCUT2D eigenvalue weighted by Gasteiger charge is -2.68. The number of hydrogen-bond acceptors (Lipinski definition) is 2. The van der Waals surface area contributed by atoms with Crippen molar-refractivity contribution in [1.29, 1.82) is 0 Å². The molecule has 0 N–H and O–H groups in total. The first-order chi connectivity index (χ1) is 10.9. The maximum absolute atomic E-state index is 6.69. The topological polar surface area (TPSA) is 12.5 Å². The molecule has 3 unspecified atom stereocenters. The van der Waals surface area contributed by atoms with E-state index in [0.717, 1.165) is 5.92 Å². The predicted molar refractivity (Wildman–Crippen MR) is 93.2 cm³/mol. The molecule has 2 aliphatic carbocycles. The van der Waals surface area contributed by atoms with E-state index in [2.05, 4.69) is 51.8 Å². The highest BCUT2D eigenvalue weighted by molar-refractivity contribution is 5.60. The summed E-state index contributed by atoms with van der Waals surface area (Å²) in [6.07, 6.45) is 4.21.